The van der Waals surface area contributed by atoms with E-state index < -0.39 is 0 Å². The van der Waals surface area contributed by atoms with Gasteiger partial charge < -0.3 is 10.2 Å². The number of carbonyl (C=O) groups is 1. The van der Waals surface area contributed by atoms with Gasteiger partial charge >= 0.3 is 0 Å². The number of para-hydroxylation sites is 1. The fraction of sp³-hybridized carbons (Fsp3) is 0.480. The summed E-state index contributed by atoms with van der Waals surface area (Å²) >= 11 is 0. The molecule has 4 nitrogen and oxygen atoms in total. The summed E-state index contributed by atoms with van der Waals surface area (Å²) < 4.78 is 0. The summed E-state index contributed by atoms with van der Waals surface area (Å²) in [4.78, 5) is 17.8. The third-order valence-corrected chi connectivity index (χ3v) is 7.35. The van der Waals surface area contributed by atoms with Gasteiger partial charge in [-0.15, -0.1) is 0 Å². The summed E-state index contributed by atoms with van der Waals surface area (Å²) in [5.41, 5.74) is 5.25. The van der Waals surface area contributed by atoms with Gasteiger partial charge in [-0.1, -0.05) is 50.2 Å². The molecule has 2 fully saturated rings. The van der Waals surface area contributed by atoms with E-state index in [0.29, 0.717) is 18.6 Å². The summed E-state index contributed by atoms with van der Waals surface area (Å²) in [6.45, 7) is 7.11. The lowest BCUT2D eigenvalue weighted by molar-refractivity contribution is -0.125. The van der Waals surface area contributed by atoms with Crippen LogP contribution in [0.25, 0.3) is 0 Å². The molecule has 2 aliphatic heterocycles. The van der Waals surface area contributed by atoms with Gasteiger partial charge in [-0.2, -0.15) is 0 Å². The summed E-state index contributed by atoms with van der Waals surface area (Å²) in [7, 11) is 0. The van der Waals surface area contributed by atoms with E-state index in [9.17, 15) is 4.79 Å². The second-order valence-electron chi connectivity index (χ2n) is 9.16. The quantitative estimate of drug-likeness (QED) is 0.853. The van der Waals surface area contributed by atoms with E-state index in [0.717, 1.165) is 31.6 Å². The number of aryl methyl sites for hydroxylation is 1. The van der Waals surface area contributed by atoms with Crippen molar-refractivity contribution in [3.8, 4) is 0 Å². The standard InChI is InChI=1S/C25H31N3O/c1-18(2)19-8-10-22-20(16-19)9-11-23(22)27-14-12-25(13-15-27)24(29)26-17-28(25)21-6-4-3-5-7-21/h3-8,10,16,18,23H,9,11-15,17H2,1-2H3,(H,26,29). The molecule has 0 saturated carbocycles. The van der Waals surface area contributed by atoms with Crippen molar-refractivity contribution in [2.75, 3.05) is 24.7 Å². The van der Waals surface area contributed by atoms with Gasteiger partial charge in [-0.05, 0) is 60.4 Å². The highest BCUT2D eigenvalue weighted by atomic mass is 16.2. The second-order valence-corrected chi connectivity index (χ2v) is 9.16. The van der Waals surface area contributed by atoms with Crippen LogP contribution in [-0.4, -0.2) is 36.1 Å². The van der Waals surface area contributed by atoms with Gasteiger partial charge in [0.05, 0.1) is 6.67 Å². The maximum absolute atomic E-state index is 12.9. The first-order valence-electron chi connectivity index (χ1n) is 11.1. The van der Waals surface area contributed by atoms with E-state index in [1.165, 1.54) is 29.5 Å². The van der Waals surface area contributed by atoms with Crippen molar-refractivity contribution in [3.05, 3.63) is 65.2 Å². The number of anilines is 1. The summed E-state index contributed by atoms with van der Waals surface area (Å²) in [5, 5.41) is 3.11. The molecule has 1 amide bonds. The Bertz CT molecular complexity index is 900. The summed E-state index contributed by atoms with van der Waals surface area (Å²) in [6, 6.07) is 18.0. The van der Waals surface area contributed by atoms with E-state index in [1.807, 2.05) is 6.07 Å². The zero-order valence-electron chi connectivity index (χ0n) is 17.5. The first kappa shape index (κ1) is 18.7. The molecular formula is C25H31N3O. The van der Waals surface area contributed by atoms with Crippen LogP contribution < -0.4 is 10.2 Å². The van der Waals surface area contributed by atoms with E-state index in [-0.39, 0.29) is 11.4 Å². The molecule has 1 atom stereocenters. The zero-order chi connectivity index (χ0) is 20.0. The highest BCUT2D eigenvalue weighted by Crippen LogP contribution is 2.42. The molecule has 5 rings (SSSR count). The molecule has 2 saturated heterocycles. The monoisotopic (exact) mass is 389 g/mol. The van der Waals surface area contributed by atoms with Crippen LogP contribution >= 0.6 is 0 Å². The number of hydrogen-bond donors (Lipinski definition) is 1. The number of nitrogens with one attached hydrogen (secondary N) is 1. The summed E-state index contributed by atoms with van der Waals surface area (Å²) in [6.07, 6.45) is 4.17. The molecule has 4 heteroatoms. The average molecular weight is 390 g/mol. The lowest BCUT2D eigenvalue weighted by Crippen LogP contribution is -2.56. The maximum Gasteiger partial charge on any atom is 0.247 e. The van der Waals surface area contributed by atoms with Crippen LogP contribution in [0.2, 0.25) is 0 Å². The molecule has 29 heavy (non-hydrogen) atoms. The van der Waals surface area contributed by atoms with Crippen LogP contribution in [-0.2, 0) is 11.2 Å². The number of fused-ring (bicyclic) bond motifs is 1. The number of hydrogen-bond acceptors (Lipinski definition) is 3. The van der Waals surface area contributed by atoms with E-state index in [2.05, 4.69) is 71.4 Å². The highest BCUT2D eigenvalue weighted by molar-refractivity contribution is 5.93. The minimum Gasteiger partial charge on any atom is -0.339 e. The Hall–Kier alpha value is -2.33. The summed E-state index contributed by atoms with van der Waals surface area (Å²) in [5.74, 6) is 0.786. The van der Waals surface area contributed by atoms with Gasteiger partial charge in [-0.3, -0.25) is 9.69 Å². The number of nitrogens with zero attached hydrogens (tertiary/aromatic N) is 2. The topological polar surface area (TPSA) is 35.6 Å². The molecule has 2 aromatic rings. The molecule has 0 bridgehead atoms. The van der Waals surface area contributed by atoms with Crippen molar-refractivity contribution >= 4 is 11.6 Å². The third kappa shape index (κ3) is 3.05. The molecule has 0 radical (unpaired) electrons. The van der Waals surface area contributed by atoms with E-state index in [1.54, 1.807) is 0 Å². The van der Waals surface area contributed by atoms with Gasteiger partial charge in [-0.25, -0.2) is 0 Å². The molecule has 1 aliphatic carbocycles. The second kappa shape index (κ2) is 7.17. The van der Waals surface area contributed by atoms with Crippen molar-refractivity contribution in [2.24, 2.45) is 0 Å². The van der Waals surface area contributed by atoms with Crippen molar-refractivity contribution in [3.63, 3.8) is 0 Å². The predicted octanol–water partition coefficient (Wildman–Crippen LogP) is 4.23. The van der Waals surface area contributed by atoms with Crippen LogP contribution in [0.3, 0.4) is 0 Å². The van der Waals surface area contributed by atoms with E-state index in [4.69, 9.17) is 0 Å². The van der Waals surface area contributed by atoms with E-state index >= 15 is 0 Å². The molecular weight excluding hydrogens is 358 g/mol. The minimum atomic E-state index is -0.388. The fourth-order valence-electron chi connectivity index (χ4n) is 5.59. The Morgan fingerprint density at radius 2 is 1.83 bits per heavy atom. The Labute approximate surface area is 173 Å². The average Bonchev–Trinajstić information content (AvgIpc) is 3.31. The molecule has 152 valence electrons. The molecule has 3 aliphatic rings. The maximum atomic E-state index is 12.9. The number of piperidine rings is 1. The van der Waals surface area contributed by atoms with Crippen molar-refractivity contribution in [2.45, 2.75) is 57.0 Å². The third-order valence-electron chi connectivity index (χ3n) is 7.35. The van der Waals surface area contributed by atoms with Crippen LogP contribution in [0.4, 0.5) is 5.69 Å². The van der Waals surface area contributed by atoms with Crippen LogP contribution in [0.5, 0.6) is 0 Å². The molecule has 1 unspecified atom stereocenters. The van der Waals surface area contributed by atoms with Crippen LogP contribution in [0.1, 0.15) is 61.8 Å². The molecule has 1 spiro atoms. The van der Waals surface area contributed by atoms with Gasteiger partial charge in [0.1, 0.15) is 5.54 Å². The van der Waals surface area contributed by atoms with Gasteiger partial charge in [0.15, 0.2) is 0 Å². The Balaban J connectivity index is 1.34. The fourth-order valence-corrected chi connectivity index (χ4v) is 5.59. The smallest absolute Gasteiger partial charge is 0.247 e. The number of rotatable bonds is 3. The zero-order valence-corrected chi connectivity index (χ0v) is 17.5. The first-order valence-corrected chi connectivity index (χ1v) is 11.1. The Morgan fingerprint density at radius 3 is 2.55 bits per heavy atom. The predicted molar refractivity (Wildman–Crippen MR) is 117 cm³/mol. The lowest BCUT2D eigenvalue weighted by Gasteiger charge is -2.45. The largest absolute Gasteiger partial charge is 0.339 e. The van der Waals surface area contributed by atoms with Gasteiger partial charge in [0.2, 0.25) is 5.91 Å². The van der Waals surface area contributed by atoms with Crippen molar-refractivity contribution < 1.29 is 4.79 Å². The SMILES string of the molecule is CC(C)c1ccc2c(c1)CCC2N1CCC2(CC1)C(=O)NCN2c1ccccc1. The minimum absolute atomic E-state index is 0.203. The number of likely N-dealkylation sites (tertiary alicyclic amines) is 1. The van der Waals surface area contributed by atoms with Crippen LogP contribution in [0.15, 0.2) is 48.5 Å². The first-order chi connectivity index (χ1) is 14.1. The molecule has 0 aromatic heterocycles. The molecule has 2 heterocycles. The van der Waals surface area contributed by atoms with Gasteiger partial charge in [0.25, 0.3) is 0 Å². The molecule has 2 aromatic carbocycles. The number of carbonyl (C=O) groups excluding carboxylic acids is 1. The van der Waals surface area contributed by atoms with Gasteiger partial charge in [0, 0.05) is 24.8 Å². The number of benzene rings is 2. The normalized spacial score (nSPS) is 23.6. The highest BCUT2D eigenvalue weighted by Gasteiger charge is 2.51. The lowest BCUT2D eigenvalue weighted by atomic mass is 9.84. The Kier molecular flexibility index (Phi) is 4.62. The Morgan fingerprint density at radius 1 is 1.07 bits per heavy atom. The van der Waals surface area contributed by atoms with Crippen molar-refractivity contribution in [1.82, 2.24) is 10.2 Å². The van der Waals surface area contributed by atoms with Crippen molar-refractivity contribution in [1.29, 1.82) is 0 Å². The van der Waals surface area contributed by atoms with Crippen LogP contribution in [0, 0.1) is 0 Å². The molecule has 1 N–H and O–H groups in total. The number of amides is 1.